The predicted molar refractivity (Wildman–Crippen MR) is 57.3 cm³/mol. The lowest BCUT2D eigenvalue weighted by Gasteiger charge is -2.21. The van der Waals surface area contributed by atoms with Gasteiger partial charge in [0.1, 0.15) is 0 Å². The summed E-state index contributed by atoms with van der Waals surface area (Å²) in [4.78, 5) is 3.30. The van der Waals surface area contributed by atoms with Gasteiger partial charge in [0.2, 0.25) is 0 Å². The van der Waals surface area contributed by atoms with Gasteiger partial charge in [-0.2, -0.15) is 0 Å². The highest BCUT2D eigenvalue weighted by Gasteiger charge is 2.34. The van der Waals surface area contributed by atoms with Crippen molar-refractivity contribution in [2.24, 2.45) is 5.92 Å². The van der Waals surface area contributed by atoms with Gasteiger partial charge in [0.25, 0.3) is 0 Å². The predicted octanol–water partition coefficient (Wildman–Crippen LogP) is 1.88. The van der Waals surface area contributed by atoms with E-state index in [1.54, 1.807) is 0 Å². The van der Waals surface area contributed by atoms with Crippen molar-refractivity contribution in [2.45, 2.75) is 30.6 Å². The molecule has 0 aromatic rings. The molecule has 0 aromatic carbocycles. The Bertz CT molecular complexity index is 170. The molecule has 0 bridgehead atoms. The van der Waals surface area contributed by atoms with Crippen LogP contribution in [0.15, 0.2) is 0 Å². The highest BCUT2D eigenvalue weighted by atomic mass is 79.9. The van der Waals surface area contributed by atoms with Crippen LogP contribution in [0.3, 0.4) is 0 Å². The zero-order valence-corrected chi connectivity index (χ0v) is 9.79. The number of ether oxygens (including phenoxy) is 1. The van der Waals surface area contributed by atoms with Crippen LogP contribution in [-0.2, 0) is 4.74 Å². The van der Waals surface area contributed by atoms with Gasteiger partial charge in [-0.25, -0.2) is 0 Å². The van der Waals surface area contributed by atoms with Crippen molar-refractivity contribution >= 4 is 15.9 Å². The lowest BCUT2D eigenvalue weighted by molar-refractivity contribution is 0.156. The molecule has 0 saturated carbocycles. The molecular formula is C10H18BrNO. The van der Waals surface area contributed by atoms with Crippen LogP contribution in [0.25, 0.3) is 0 Å². The Morgan fingerprint density at radius 3 is 2.85 bits per heavy atom. The summed E-state index contributed by atoms with van der Waals surface area (Å²) in [7, 11) is 0. The van der Waals surface area contributed by atoms with Crippen LogP contribution in [0.4, 0.5) is 0 Å². The highest BCUT2D eigenvalue weighted by Crippen LogP contribution is 2.29. The first-order valence-corrected chi connectivity index (χ1v) is 6.18. The van der Waals surface area contributed by atoms with Crippen LogP contribution >= 0.6 is 15.9 Å². The van der Waals surface area contributed by atoms with Crippen molar-refractivity contribution in [3.63, 3.8) is 0 Å². The Morgan fingerprint density at radius 1 is 1.46 bits per heavy atom. The summed E-state index contributed by atoms with van der Waals surface area (Å²) in [6.45, 7) is 6.68. The van der Waals surface area contributed by atoms with E-state index in [-0.39, 0.29) is 0 Å². The topological polar surface area (TPSA) is 12.5 Å². The zero-order chi connectivity index (χ0) is 9.26. The molecule has 2 nitrogen and oxygen atoms in total. The monoisotopic (exact) mass is 247 g/mol. The minimum absolute atomic E-state index is 0.705. The van der Waals surface area contributed by atoms with Gasteiger partial charge in [-0.3, -0.25) is 4.90 Å². The second kappa shape index (κ2) is 4.28. The van der Waals surface area contributed by atoms with E-state index in [4.69, 9.17) is 4.74 Å². The van der Waals surface area contributed by atoms with Crippen molar-refractivity contribution in [2.75, 3.05) is 26.3 Å². The van der Waals surface area contributed by atoms with E-state index in [0.29, 0.717) is 10.9 Å². The van der Waals surface area contributed by atoms with E-state index in [1.165, 1.54) is 25.9 Å². The smallest absolute Gasteiger partial charge is 0.0622 e. The van der Waals surface area contributed by atoms with Gasteiger partial charge < -0.3 is 4.74 Å². The maximum Gasteiger partial charge on any atom is 0.0622 e. The van der Waals surface area contributed by atoms with Crippen molar-refractivity contribution in [1.29, 1.82) is 0 Å². The van der Waals surface area contributed by atoms with Crippen LogP contribution in [0.2, 0.25) is 0 Å². The average molecular weight is 248 g/mol. The Balaban J connectivity index is 1.88. The van der Waals surface area contributed by atoms with Gasteiger partial charge in [0.05, 0.1) is 6.61 Å². The van der Waals surface area contributed by atoms with Gasteiger partial charge in [-0.1, -0.05) is 29.3 Å². The molecule has 0 spiro atoms. The average Bonchev–Trinajstić information content (AvgIpc) is 2.71. The number of alkyl halides is 1. The Labute approximate surface area is 88.8 Å². The van der Waals surface area contributed by atoms with E-state index in [0.717, 1.165) is 19.1 Å². The van der Waals surface area contributed by atoms with Crippen LogP contribution in [0.5, 0.6) is 0 Å². The summed E-state index contributed by atoms with van der Waals surface area (Å²) >= 11 is 3.77. The van der Waals surface area contributed by atoms with Gasteiger partial charge in [0, 0.05) is 30.6 Å². The largest absolute Gasteiger partial charge is 0.380 e. The van der Waals surface area contributed by atoms with E-state index in [1.807, 2.05) is 0 Å². The first kappa shape index (κ1) is 9.94. The molecule has 76 valence electrons. The molecule has 0 amide bonds. The summed E-state index contributed by atoms with van der Waals surface area (Å²) in [5.74, 6) is 0.848. The summed E-state index contributed by atoms with van der Waals surface area (Å²) in [6.07, 6.45) is 2.52. The number of hydrogen-bond donors (Lipinski definition) is 0. The molecule has 2 aliphatic rings. The minimum atomic E-state index is 0.705. The summed E-state index contributed by atoms with van der Waals surface area (Å²) in [5.41, 5.74) is 0. The minimum Gasteiger partial charge on any atom is -0.380 e. The van der Waals surface area contributed by atoms with Crippen LogP contribution in [0, 0.1) is 5.92 Å². The molecule has 0 N–H and O–H groups in total. The number of nitrogens with zero attached hydrogens (tertiary/aromatic N) is 1. The molecule has 13 heavy (non-hydrogen) atoms. The molecule has 3 atom stereocenters. The van der Waals surface area contributed by atoms with E-state index < -0.39 is 0 Å². The second-order valence-corrected chi connectivity index (χ2v) is 5.33. The summed E-state index contributed by atoms with van der Waals surface area (Å²) < 4.78 is 5.42. The molecule has 2 rings (SSSR count). The SMILES string of the molecule is CCC1CN(C2CCOC2)CC1Br. The second-order valence-electron chi connectivity index (χ2n) is 4.16. The van der Waals surface area contributed by atoms with Crippen molar-refractivity contribution in [3.8, 4) is 0 Å². The summed E-state index contributed by atoms with van der Waals surface area (Å²) in [5, 5.41) is 0. The molecule has 2 saturated heterocycles. The van der Waals surface area contributed by atoms with Crippen LogP contribution in [-0.4, -0.2) is 42.1 Å². The molecule has 3 heteroatoms. The van der Waals surface area contributed by atoms with Gasteiger partial charge >= 0.3 is 0 Å². The zero-order valence-electron chi connectivity index (χ0n) is 8.21. The Kier molecular flexibility index (Phi) is 3.27. The third-order valence-corrected chi connectivity index (χ3v) is 4.37. The van der Waals surface area contributed by atoms with Crippen molar-refractivity contribution in [1.82, 2.24) is 4.90 Å². The highest BCUT2D eigenvalue weighted by molar-refractivity contribution is 9.09. The molecule has 0 radical (unpaired) electrons. The fourth-order valence-corrected chi connectivity index (χ4v) is 3.27. The molecule has 0 aliphatic carbocycles. The molecule has 3 unspecified atom stereocenters. The molecule has 2 aliphatic heterocycles. The normalized spacial score (nSPS) is 41.5. The van der Waals surface area contributed by atoms with E-state index >= 15 is 0 Å². The number of hydrogen-bond acceptors (Lipinski definition) is 2. The molecule has 0 aromatic heterocycles. The summed E-state index contributed by atoms with van der Waals surface area (Å²) in [6, 6.07) is 0.705. The first-order valence-electron chi connectivity index (χ1n) is 5.27. The van der Waals surface area contributed by atoms with Gasteiger partial charge in [-0.15, -0.1) is 0 Å². The molecular weight excluding hydrogens is 230 g/mol. The number of likely N-dealkylation sites (tertiary alicyclic amines) is 1. The lowest BCUT2D eigenvalue weighted by Crippen LogP contribution is -2.33. The van der Waals surface area contributed by atoms with Gasteiger partial charge in [-0.05, 0) is 12.3 Å². The Hall–Kier alpha value is 0.400. The first-order chi connectivity index (χ1) is 6.31. The van der Waals surface area contributed by atoms with E-state index in [9.17, 15) is 0 Å². The van der Waals surface area contributed by atoms with Crippen molar-refractivity contribution < 1.29 is 4.74 Å². The maximum absolute atomic E-state index is 5.42. The Morgan fingerprint density at radius 2 is 2.31 bits per heavy atom. The van der Waals surface area contributed by atoms with Crippen molar-refractivity contribution in [3.05, 3.63) is 0 Å². The third-order valence-electron chi connectivity index (χ3n) is 3.34. The lowest BCUT2D eigenvalue weighted by atomic mass is 10.1. The van der Waals surface area contributed by atoms with E-state index in [2.05, 4.69) is 27.8 Å². The fourth-order valence-electron chi connectivity index (χ4n) is 2.36. The third kappa shape index (κ3) is 2.08. The molecule has 2 heterocycles. The maximum atomic E-state index is 5.42. The van der Waals surface area contributed by atoms with Gasteiger partial charge in [0.15, 0.2) is 0 Å². The molecule has 2 fully saturated rings. The fraction of sp³-hybridized carbons (Fsp3) is 1.00. The quantitative estimate of drug-likeness (QED) is 0.692. The standard InChI is InChI=1S/C10H18BrNO/c1-2-8-5-12(6-10(8)11)9-3-4-13-7-9/h8-10H,2-7H2,1H3. The number of rotatable bonds is 2. The number of halogens is 1. The van der Waals surface area contributed by atoms with Crippen LogP contribution < -0.4 is 0 Å². The van der Waals surface area contributed by atoms with Crippen LogP contribution in [0.1, 0.15) is 19.8 Å².